The highest BCUT2D eigenvalue weighted by molar-refractivity contribution is 5.55. The Hall–Kier alpha value is -1.56. The number of hydrogen-bond acceptors (Lipinski definition) is 6. The number of rotatable bonds is 6. The molecule has 0 saturated carbocycles. The average Bonchev–Trinajstić information content (AvgIpc) is 2.27. The van der Waals surface area contributed by atoms with Crippen LogP contribution < -0.4 is 15.2 Å². The van der Waals surface area contributed by atoms with Gasteiger partial charge in [-0.25, -0.2) is 0 Å². The van der Waals surface area contributed by atoms with Crippen molar-refractivity contribution in [1.29, 1.82) is 0 Å². The molecule has 6 heteroatoms. The molecule has 6 nitrogen and oxygen atoms in total. The first kappa shape index (κ1) is 15.5. The van der Waals surface area contributed by atoms with Crippen LogP contribution in [-0.4, -0.2) is 34.9 Å². The lowest BCUT2D eigenvalue weighted by Crippen LogP contribution is -2.22. The van der Waals surface area contributed by atoms with E-state index < -0.39 is 0 Å². The lowest BCUT2D eigenvalue weighted by Gasteiger charge is -2.19. The fourth-order valence-electron chi connectivity index (χ4n) is 1.28. The molecule has 1 heterocycles. The first-order chi connectivity index (χ1) is 8.79. The van der Waals surface area contributed by atoms with Gasteiger partial charge in [0.1, 0.15) is 12.9 Å². The predicted molar refractivity (Wildman–Crippen MR) is 73.4 cm³/mol. The molecule has 0 spiro atoms. The molecule has 19 heavy (non-hydrogen) atoms. The van der Waals surface area contributed by atoms with Crippen molar-refractivity contribution in [2.75, 3.05) is 18.9 Å². The number of anilines is 1. The number of nitrogens with zero attached hydrogens (tertiary/aromatic N) is 2. The van der Waals surface area contributed by atoms with Crippen molar-refractivity contribution in [2.45, 2.75) is 46.3 Å². The Morgan fingerprint density at radius 1 is 1.16 bits per heavy atom. The molecule has 0 saturated heterocycles. The molecule has 0 atom stereocenters. The molecule has 0 bridgehead atoms. The minimum absolute atomic E-state index is 0.00530. The minimum Gasteiger partial charge on any atom is -0.474 e. The summed E-state index contributed by atoms with van der Waals surface area (Å²) in [4.78, 5) is 7.96. The Morgan fingerprint density at radius 2 is 1.79 bits per heavy atom. The summed E-state index contributed by atoms with van der Waals surface area (Å²) in [5.41, 5.74) is 6.01. The van der Waals surface area contributed by atoms with Gasteiger partial charge in [0, 0.05) is 0 Å². The summed E-state index contributed by atoms with van der Waals surface area (Å²) < 4.78 is 16.5. The van der Waals surface area contributed by atoms with Gasteiger partial charge in [-0.3, -0.25) is 0 Å². The van der Waals surface area contributed by atoms with Gasteiger partial charge < -0.3 is 19.9 Å². The summed E-state index contributed by atoms with van der Waals surface area (Å²) >= 11 is 0. The molecule has 0 amide bonds. The average molecular weight is 269 g/mol. The number of ether oxygens (including phenoxy) is 3. The van der Waals surface area contributed by atoms with Crippen molar-refractivity contribution in [1.82, 2.24) is 9.97 Å². The van der Waals surface area contributed by atoms with Crippen molar-refractivity contribution < 1.29 is 14.2 Å². The van der Waals surface area contributed by atoms with Crippen molar-refractivity contribution in [3.05, 3.63) is 6.33 Å². The number of hydrogen-bond donors (Lipinski definition) is 1. The van der Waals surface area contributed by atoms with E-state index in [4.69, 9.17) is 19.9 Å². The van der Waals surface area contributed by atoms with E-state index in [1.807, 2.05) is 34.6 Å². The maximum absolute atomic E-state index is 5.88. The second-order valence-electron chi connectivity index (χ2n) is 5.37. The molecule has 1 rings (SSSR count). The van der Waals surface area contributed by atoms with E-state index in [0.717, 1.165) is 0 Å². The predicted octanol–water partition coefficient (Wildman–Crippen LogP) is 2.04. The number of nitrogen functional groups attached to an aromatic ring is 1. The fraction of sp³-hybridized carbons (Fsp3) is 0.692. The summed E-state index contributed by atoms with van der Waals surface area (Å²) in [6.45, 7) is 10.6. The van der Waals surface area contributed by atoms with E-state index in [0.29, 0.717) is 30.7 Å². The van der Waals surface area contributed by atoms with Crippen LogP contribution in [0.15, 0.2) is 6.33 Å². The zero-order chi connectivity index (χ0) is 14.5. The van der Waals surface area contributed by atoms with E-state index in [1.165, 1.54) is 6.33 Å². The molecule has 1 aromatic rings. The zero-order valence-corrected chi connectivity index (χ0v) is 12.3. The van der Waals surface area contributed by atoms with Gasteiger partial charge in [0.25, 0.3) is 0 Å². The maximum atomic E-state index is 5.88. The minimum atomic E-state index is -0.188. The zero-order valence-electron chi connectivity index (χ0n) is 12.3. The second kappa shape index (κ2) is 6.56. The smallest absolute Gasteiger partial charge is 0.244 e. The maximum Gasteiger partial charge on any atom is 0.244 e. The standard InChI is InChI=1S/C13H23N3O3/c1-9(2)19-12-10(14)11(15-8-16-12)17-6-7-18-13(3,4)5/h8-9H,6-7,14H2,1-5H3. The van der Waals surface area contributed by atoms with Crippen LogP contribution in [0.4, 0.5) is 5.69 Å². The molecule has 108 valence electrons. The second-order valence-corrected chi connectivity index (χ2v) is 5.37. The van der Waals surface area contributed by atoms with E-state index in [1.54, 1.807) is 0 Å². The molecular formula is C13H23N3O3. The van der Waals surface area contributed by atoms with E-state index in [9.17, 15) is 0 Å². The first-order valence-electron chi connectivity index (χ1n) is 6.33. The molecule has 1 aromatic heterocycles. The molecule has 0 fully saturated rings. The van der Waals surface area contributed by atoms with Crippen LogP contribution in [0.2, 0.25) is 0 Å². The van der Waals surface area contributed by atoms with E-state index in [-0.39, 0.29) is 11.7 Å². The van der Waals surface area contributed by atoms with Gasteiger partial charge in [0.2, 0.25) is 11.8 Å². The van der Waals surface area contributed by atoms with Crippen LogP contribution in [0.5, 0.6) is 11.8 Å². The van der Waals surface area contributed by atoms with Crippen LogP contribution >= 0.6 is 0 Å². The SMILES string of the molecule is CC(C)Oc1ncnc(OCCOC(C)(C)C)c1N. The van der Waals surface area contributed by atoms with Gasteiger partial charge in [0.15, 0.2) is 5.69 Å². The highest BCUT2D eigenvalue weighted by Gasteiger charge is 2.13. The Bertz CT molecular complexity index is 403. The number of nitrogens with two attached hydrogens (primary N) is 1. The normalized spacial score (nSPS) is 11.7. The lowest BCUT2D eigenvalue weighted by molar-refractivity contribution is -0.0167. The van der Waals surface area contributed by atoms with Crippen LogP contribution in [0.1, 0.15) is 34.6 Å². The van der Waals surface area contributed by atoms with E-state index >= 15 is 0 Å². The third kappa shape index (κ3) is 5.74. The quantitative estimate of drug-likeness (QED) is 0.796. The molecule has 2 N–H and O–H groups in total. The van der Waals surface area contributed by atoms with Gasteiger partial charge in [-0.15, -0.1) is 0 Å². The monoisotopic (exact) mass is 269 g/mol. The molecule has 0 aliphatic rings. The first-order valence-corrected chi connectivity index (χ1v) is 6.33. The topological polar surface area (TPSA) is 79.5 Å². The molecule has 0 radical (unpaired) electrons. The molecule has 0 aromatic carbocycles. The van der Waals surface area contributed by atoms with Crippen LogP contribution in [0, 0.1) is 0 Å². The highest BCUT2D eigenvalue weighted by atomic mass is 16.5. The summed E-state index contributed by atoms with van der Waals surface area (Å²) in [5, 5.41) is 0. The number of aromatic nitrogens is 2. The summed E-state index contributed by atoms with van der Waals surface area (Å²) in [6, 6.07) is 0. The third-order valence-corrected chi connectivity index (χ3v) is 2.02. The molecule has 0 aliphatic carbocycles. The van der Waals surface area contributed by atoms with Gasteiger partial charge in [0.05, 0.1) is 18.3 Å². The molecular weight excluding hydrogens is 246 g/mol. The van der Waals surface area contributed by atoms with Gasteiger partial charge >= 0.3 is 0 Å². The third-order valence-electron chi connectivity index (χ3n) is 2.02. The van der Waals surface area contributed by atoms with Crippen molar-refractivity contribution in [3.8, 4) is 11.8 Å². The molecule has 0 unspecified atom stereocenters. The Kier molecular flexibility index (Phi) is 5.35. The van der Waals surface area contributed by atoms with Crippen molar-refractivity contribution >= 4 is 5.69 Å². The van der Waals surface area contributed by atoms with Gasteiger partial charge in [-0.05, 0) is 34.6 Å². The van der Waals surface area contributed by atoms with Gasteiger partial charge in [-0.2, -0.15) is 9.97 Å². The summed E-state index contributed by atoms with van der Waals surface area (Å²) in [6.07, 6.45) is 1.36. The Balaban J connectivity index is 2.54. The fourth-order valence-corrected chi connectivity index (χ4v) is 1.28. The molecule has 0 aliphatic heterocycles. The lowest BCUT2D eigenvalue weighted by atomic mass is 10.2. The van der Waals surface area contributed by atoms with Crippen LogP contribution in [-0.2, 0) is 4.74 Å². The highest BCUT2D eigenvalue weighted by Crippen LogP contribution is 2.27. The Labute approximate surface area is 114 Å². The van der Waals surface area contributed by atoms with Crippen molar-refractivity contribution in [3.63, 3.8) is 0 Å². The Morgan fingerprint density at radius 3 is 2.37 bits per heavy atom. The summed E-state index contributed by atoms with van der Waals surface area (Å²) in [5.74, 6) is 0.667. The largest absolute Gasteiger partial charge is 0.474 e. The van der Waals surface area contributed by atoms with E-state index in [2.05, 4.69) is 9.97 Å². The van der Waals surface area contributed by atoms with Crippen molar-refractivity contribution in [2.24, 2.45) is 0 Å². The van der Waals surface area contributed by atoms with Crippen LogP contribution in [0.3, 0.4) is 0 Å². The van der Waals surface area contributed by atoms with Crippen LogP contribution in [0.25, 0.3) is 0 Å². The van der Waals surface area contributed by atoms with Gasteiger partial charge in [-0.1, -0.05) is 0 Å². The summed E-state index contributed by atoms with van der Waals surface area (Å²) in [7, 11) is 0.